The number of benzene rings is 4. The number of hydrogen-bond donors (Lipinski definition) is 0. The Bertz CT molecular complexity index is 1480. The average Bonchev–Trinajstić information content (AvgIpc) is 3.34. The number of aromatic nitrogens is 2. The standard InChI is InChI=1S/C27H20N2/c1-19-11-14-22(15-12-19)29-25-10-6-5-9-23(25)24-16-13-20-17-18-28(26(20)27(24)29)21-7-3-2-4-8-21/h2-18H,1H3. The van der Waals surface area contributed by atoms with Crippen LogP contribution in [0.15, 0.2) is 103 Å². The van der Waals surface area contributed by atoms with Gasteiger partial charge in [0.05, 0.1) is 16.6 Å². The second kappa shape index (κ2) is 6.11. The summed E-state index contributed by atoms with van der Waals surface area (Å²) in [6, 6.07) is 34.8. The van der Waals surface area contributed by atoms with Crippen molar-refractivity contribution in [2.45, 2.75) is 6.92 Å². The van der Waals surface area contributed by atoms with Gasteiger partial charge in [0, 0.05) is 33.7 Å². The Morgan fingerprint density at radius 2 is 1.31 bits per heavy atom. The average molecular weight is 372 g/mol. The highest BCUT2D eigenvalue weighted by Gasteiger charge is 2.17. The van der Waals surface area contributed by atoms with Gasteiger partial charge in [-0.25, -0.2) is 0 Å². The second-order valence-electron chi connectivity index (χ2n) is 7.61. The number of rotatable bonds is 2. The van der Waals surface area contributed by atoms with E-state index in [0.29, 0.717) is 0 Å². The molecular formula is C27H20N2. The van der Waals surface area contributed by atoms with Crippen molar-refractivity contribution in [3.8, 4) is 11.4 Å². The molecule has 0 spiro atoms. The van der Waals surface area contributed by atoms with Crippen LogP contribution in [0.4, 0.5) is 0 Å². The van der Waals surface area contributed by atoms with Gasteiger partial charge < -0.3 is 9.13 Å². The molecule has 2 aromatic heterocycles. The first-order valence-corrected chi connectivity index (χ1v) is 9.97. The Hall–Kier alpha value is -3.78. The number of nitrogens with zero attached hydrogens (tertiary/aromatic N) is 2. The number of fused-ring (bicyclic) bond motifs is 5. The van der Waals surface area contributed by atoms with Crippen molar-refractivity contribution in [3.05, 3.63) is 109 Å². The Labute approximate surface area is 169 Å². The summed E-state index contributed by atoms with van der Waals surface area (Å²) >= 11 is 0. The van der Waals surface area contributed by atoms with E-state index in [1.807, 2.05) is 0 Å². The molecule has 0 N–H and O–H groups in total. The summed E-state index contributed by atoms with van der Waals surface area (Å²) in [5.41, 5.74) is 7.37. The van der Waals surface area contributed by atoms with Crippen LogP contribution in [0.25, 0.3) is 44.1 Å². The third-order valence-corrected chi connectivity index (χ3v) is 5.81. The van der Waals surface area contributed by atoms with Gasteiger partial charge in [-0.05, 0) is 43.3 Å². The lowest BCUT2D eigenvalue weighted by atomic mass is 10.1. The van der Waals surface area contributed by atoms with Gasteiger partial charge in [0.2, 0.25) is 0 Å². The molecule has 6 aromatic rings. The molecule has 0 atom stereocenters. The van der Waals surface area contributed by atoms with Gasteiger partial charge in [-0.3, -0.25) is 0 Å². The molecule has 0 saturated carbocycles. The monoisotopic (exact) mass is 372 g/mol. The Morgan fingerprint density at radius 3 is 2.14 bits per heavy atom. The minimum atomic E-state index is 1.18. The van der Waals surface area contributed by atoms with Crippen molar-refractivity contribution in [1.82, 2.24) is 9.13 Å². The molecule has 0 saturated heterocycles. The molecule has 2 heteroatoms. The van der Waals surface area contributed by atoms with E-state index in [9.17, 15) is 0 Å². The number of hydrogen-bond acceptors (Lipinski definition) is 0. The topological polar surface area (TPSA) is 9.86 Å². The second-order valence-corrected chi connectivity index (χ2v) is 7.61. The van der Waals surface area contributed by atoms with E-state index in [1.54, 1.807) is 0 Å². The predicted octanol–water partition coefficient (Wildman–Crippen LogP) is 7.04. The zero-order valence-corrected chi connectivity index (χ0v) is 16.2. The van der Waals surface area contributed by atoms with Crippen molar-refractivity contribution in [3.63, 3.8) is 0 Å². The fraction of sp³-hybridized carbons (Fsp3) is 0.0370. The maximum Gasteiger partial charge on any atom is 0.0788 e. The van der Waals surface area contributed by atoms with Gasteiger partial charge in [0.15, 0.2) is 0 Å². The Morgan fingerprint density at radius 1 is 0.552 bits per heavy atom. The third-order valence-electron chi connectivity index (χ3n) is 5.81. The van der Waals surface area contributed by atoms with Crippen LogP contribution in [0.1, 0.15) is 5.56 Å². The molecule has 0 unspecified atom stereocenters. The zero-order valence-electron chi connectivity index (χ0n) is 16.2. The Balaban J connectivity index is 1.83. The number of aryl methyl sites for hydroxylation is 1. The van der Waals surface area contributed by atoms with Crippen LogP contribution in [0, 0.1) is 6.92 Å². The van der Waals surface area contributed by atoms with Crippen LogP contribution < -0.4 is 0 Å². The minimum Gasteiger partial charge on any atom is -0.315 e. The van der Waals surface area contributed by atoms with Crippen LogP contribution in [0.3, 0.4) is 0 Å². The molecule has 0 amide bonds. The fourth-order valence-electron chi connectivity index (χ4n) is 4.44. The summed E-state index contributed by atoms with van der Waals surface area (Å²) < 4.78 is 4.72. The van der Waals surface area contributed by atoms with E-state index >= 15 is 0 Å². The van der Waals surface area contributed by atoms with Crippen molar-refractivity contribution in [1.29, 1.82) is 0 Å². The molecule has 0 aliphatic rings. The predicted molar refractivity (Wildman–Crippen MR) is 122 cm³/mol. The minimum absolute atomic E-state index is 1.18. The summed E-state index contributed by atoms with van der Waals surface area (Å²) in [5, 5.41) is 3.81. The van der Waals surface area contributed by atoms with Crippen LogP contribution in [-0.4, -0.2) is 9.13 Å². The maximum atomic E-state index is 2.41. The highest BCUT2D eigenvalue weighted by molar-refractivity contribution is 6.18. The molecule has 0 aliphatic heterocycles. The fourth-order valence-corrected chi connectivity index (χ4v) is 4.44. The largest absolute Gasteiger partial charge is 0.315 e. The van der Waals surface area contributed by atoms with E-state index in [2.05, 4.69) is 119 Å². The smallest absolute Gasteiger partial charge is 0.0788 e. The van der Waals surface area contributed by atoms with Gasteiger partial charge in [-0.2, -0.15) is 0 Å². The maximum absolute atomic E-state index is 2.41. The normalized spacial score (nSPS) is 11.6. The molecule has 0 bridgehead atoms. The molecule has 138 valence electrons. The lowest BCUT2D eigenvalue weighted by Gasteiger charge is -2.12. The van der Waals surface area contributed by atoms with Crippen LogP contribution in [0.2, 0.25) is 0 Å². The van der Waals surface area contributed by atoms with Crippen molar-refractivity contribution in [2.24, 2.45) is 0 Å². The van der Waals surface area contributed by atoms with Gasteiger partial charge in [0.25, 0.3) is 0 Å². The van der Waals surface area contributed by atoms with Crippen LogP contribution in [0.5, 0.6) is 0 Å². The first kappa shape index (κ1) is 16.2. The summed E-state index contributed by atoms with van der Waals surface area (Å²) in [6.45, 7) is 2.13. The molecular weight excluding hydrogens is 352 g/mol. The quantitative estimate of drug-likeness (QED) is 0.309. The first-order chi connectivity index (χ1) is 14.3. The summed E-state index contributed by atoms with van der Waals surface area (Å²) in [4.78, 5) is 0. The van der Waals surface area contributed by atoms with Gasteiger partial charge in [0.1, 0.15) is 0 Å². The van der Waals surface area contributed by atoms with E-state index in [0.717, 1.165) is 0 Å². The van der Waals surface area contributed by atoms with E-state index in [4.69, 9.17) is 0 Å². The molecule has 0 aliphatic carbocycles. The van der Waals surface area contributed by atoms with Crippen LogP contribution >= 0.6 is 0 Å². The SMILES string of the molecule is Cc1ccc(-n2c3ccccc3c3ccc4ccn(-c5ccccc5)c4c32)cc1. The summed E-state index contributed by atoms with van der Waals surface area (Å²) in [6.07, 6.45) is 2.18. The van der Waals surface area contributed by atoms with E-state index in [1.165, 1.54) is 49.6 Å². The number of para-hydroxylation sites is 2. The van der Waals surface area contributed by atoms with Gasteiger partial charge >= 0.3 is 0 Å². The summed E-state index contributed by atoms with van der Waals surface area (Å²) in [5.74, 6) is 0. The highest BCUT2D eigenvalue weighted by atomic mass is 15.0. The molecule has 0 radical (unpaired) electrons. The lowest BCUT2D eigenvalue weighted by molar-refractivity contribution is 1.11. The third kappa shape index (κ3) is 2.36. The van der Waals surface area contributed by atoms with Crippen LogP contribution in [-0.2, 0) is 0 Å². The molecule has 0 fully saturated rings. The van der Waals surface area contributed by atoms with Gasteiger partial charge in [-0.15, -0.1) is 0 Å². The zero-order chi connectivity index (χ0) is 19.4. The Kier molecular flexibility index (Phi) is 3.41. The highest BCUT2D eigenvalue weighted by Crippen LogP contribution is 2.37. The van der Waals surface area contributed by atoms with E-state index in [-0.39, 0.29) is 0 Å². The molecule has 2 heterocycles. The lowest BCUT2D eigenvalue weighted by Crippen LogP contribution is -1.97. The van der Waals surface area contributed by atoms with E-state index < -0.39 is 0 Å². The van der Waals surface area contributed by atoms with Gasteiger partial charge in [-0.1, -0.05) is 66.2 Å². The first-order valence-electron chi connectivity index (χ1n) is 9.97. The van der Waals surface area contributed by atoms with Crippen molar-refractivity contribution < 1.29 is 0 Å². The summed E-state index contributed by atoms with van der Waals surface area (Å²) in [7, 11) is 0. The van der Waals surface area contributed by atoms with Crippen molar-refractivity contribution in [2.75, 3.05) is 0 Å². The molecule has 29 heavy (non-hydrogen) atoms. The van der Waals surface area contributed by atoms with Crippen molar-refractivity contribution >= 4 is 32.7 Å². The molecule has 6 rings (SSSR count). The molecule has 2 nitrogen and oxygen atoms in total. The molecule has 4 aromatic carbocycles.